The van der Waals surface area contributed by atoms with Crippen LogP contribution >= 0.6 is 11.6 Å². The quantitative estimate of drug-likeness (QED) is 0.412. The third-order valence-electron chi connectivity index (χ3n) is 5.87. The highest BCUT2D eigenvalue weighted by Crippen LogP contribution is 2.22. The topological polar surface area (TPSA) is 49.4 Å². The molecule has 0 spiro atoms. The van der Waals surface area contributed by atoms with E-state index in [1.807, 2.05) is 62.4 Å². The Kier molecular flexibility index (Phi) is 9.23. The van der Waals surface area contributed by atoms with Crippen LogP contribution in [0, 0.1) is 5.82 Å². The number of rotatable bonds is 10. The Hall–Kier alpha value is -3.18. The molecule has 2 atom stereocenters. The highest BCUT2D eigenvalue weighted by Gasteiger charge is 2.31. The molecule has 0 aliphatic heterocycles. The first-order chi connectivity index (χ1) is 16.4. The van der Waals surface area contributed by atoms with E-state index >= 15 is 0 Å². The number of halogens is 2. The number of amides is 2. The maximum Gasteiger partial charge on any atom is 0.243 e. The van der Waals surface area contributed by atoms with E-state index in [0.29, 0.717) is 11.4 Å². The molecule has 6 heteroatoms. The SMILES string of the molecule is CC[C@@H](C)NC(=O)[C@H](Cc1ccccc1)N(Cc1ccccc1Cl)C(=O)Cc1ccccc1F. The second-order valence-corrected chi connectivity index (χ2v) is 8.81. The van der Waals surface area contributed by atoms with Gasteiger partial charge in [0.2, 0.25) is 11.8 Å². The standard InChI is InChI=1S/C28H30ClFN2O2/c1-3-20(2)31-28(34)26(17-21-11-5-4-6-12-21)32(19-23-14-7-9-15-24(23)29)27(33)18-22-13-8-10-16-25(22)30/h4-16,20,26H,3,17-19H2,1-2H3,(H,31,34)/t20-,26+/m1/s1. The summed E-state index contributed by atoms with van der Waals surface area (Å²) in [5, 5.41) is 3.53. The summed E-state index contributed by atoms with van der Waals surface area (Å²) in [7, 11) is 0. The number of carbonyl (C=O) groups excluding carboxylic acids is 2. The first-order valence-electron chi connectivity index (χ1n) is 11.5. The summed E-state index contributed by atoms with van der Waals surface area (Å²) in [6.45, 7) is 4.05. The first kappa shape index (κ1) is 25.4. The highest BCUT2D eigenvalue weighted by molar-refractivity contribution is 6.31. The van der Waals surface area contributed by atoms with Crippen molar-refractivity contribution in [2.45, 2.75) is 51.7 Å². The molecule has 0 fully saturated rings. The lowest BCUT2D eigenvalue weighted by atomic mass is 10.0. The minimum Gasteiger partial charge on any atom is -0.352 e. The van der Waals surface area contributed by atoms with Crippen molar-refractivity contribution in [1.82, 2.24) is 10.2 Å². The molecule has 0 aromatic heterocycles. The molecule has 0 unspecified atom stereocenters. The van der Waals surface area contributed by atoms with E-state index in [1.54, 1.807) is 24.3 Å². The van der Waals surface area contributed by atoms with Crippen molar-refractivity contribution in [2.75, 3.05) is 0 Å². The molecule has 178 valence electrons. The second kappa shape index (κ2) is 12.3. The van der Waals surface area contributed by atoms with Gasteiger partial charge in [-0.1, -0.05) is 85.3 Å². The van der Waals surface area contributed by atoms with Crippen molar-refractivity contribution >= 4 is 23.4 Å². The number of hydrogen-bond donors (Lipinski definition) is 1. The summed E-state index contributed by atoms with van der Waals surface area (Å²) in [6, 6.07) is 22.2. The fourth-order valence-corrected chi connectivity index (χ4v) is 3.91. The summed E-state index contributed by atoms with van der Waals surface area (Å²) < 4.78 is 14.4. The van der Waals surface area contributed by atoms with E-state index in [9.17, 15) is 14.0 Å². The number of carbonyl (C=O) groups is 2. The minimum atomic E-state index is -0.785. The van der Waals surface area contributed by atoms with E-state index in [1.165, 1.54) is 11.0 Å². The van der Waals surface area contributed by atoms with E-state index in [0.717, 1.165) is 17.5 Å². The average Bonchev–Trinajstić information content (AvgIpc) is 2.84. The Bertz CT molecular complexity index is 1110. The number of nitrogens with zero attached hydrogens (tertiary/aromatic N) is 1. The predicted octanol–water partition coefficient (Wildman–Crippen LogP) is 5.58. The van der Waals surface area contributed by atoms with Gasteiger partial charge in [-0.2, -0.15) is 0 Å². The Morgan fingerprint density at radius 3 is 2.21 bits per heavy atom. The van der Waals surface area contributed by atoms with E-state index < -0.39 is 11.9 Å². The van der Waals surface area contributed by atoms with Gasteiger partial charge in [0.25, 0.3) is 0 Å². The number of nitrogens with one attached hydrogen (secondary N) is 1. The first-order valence-corrected chi connectivity index (χ1v) is 11.9. The predicted molar refractivity (Wildman–Crippen MR) is 134 cm³/mol. The van der Waals surface area contributed by atoms with Crippen LogP contribution in [-0.2, 0) is 29.0 Å². The third-order valence-corrected chi connectivity index (χ3v) is 6.24. The van der Waals surface area contributed by atoms with Gasteiger partial charge in [-0.05, 0) is 42.2 Å². The van der Waals surface area contributed by atoms with Crippen LogP contribution in [0.5, 0.6) is 0 Å². The molecule has 0 aliphatic carbocycles. The van der Waals surface area contributed by atoms with Gasteiger partial charge in [0.05, 0.1) is 6.42 Å². The largest absolute Gasteiger partial charge is 0.352 e. The summed E-state index contributed by atoms with van der Waals surface area (Å²) in [6.07, 6.45) is 0.938. The number of benzene rings is 3. The molecule has 0 bridgehead atoms. The Labute approximate surface area is 205 Å². The molecule has 0 saturated carbocycles. The molecule has 2 amide bonds. The van der Waals surface area contributed by atoms with Crippen molar-refractivity contribution in [3.63, 3.8) is 0 Å². The molecule has 3 aromatic carbocycles. The lowest BCUT2D eigenvalue weighted by Gasteiger charge is -2.32. The van der Waals surface area contributed by atoms with E-state index in [2.05, 4.69) is 5.32 Å². The fourth-order valence-electron chi connectivity index (χ4n) is 3.71. The van der Waals surface area contributed by atoms with Crippen molar-refractivity contribution in [1.29, 1.82) is 0 Å². The lowest BCUT2D eigenvalue weighted by molar-refractivity contribution is -0.141. The smallest absolute Gasteiger partial charge is 0.243 e. The average molecular weight is 481 g/mol. The van der Waals surface area contributed by atoms with Crippen LogP contribution in [0.3, 0.4) is 0 Å². The van der Waals surface area contributed by atoms with Crippen LogP contribution < -0.4 is 5.32 Å². The summed E-state index contributed by atoms with van der Waals surface area (Å²) in [5.74, 6) is -1.03. The Morgan fingerprint density at radius 1 is 0.941 bits per heavy atom. The molecule has 0 aliphatic rings. The number of hydrogen-bond acceptors (Lipinski definition) is 2. The van der Waals surface area contributed by atoms with Gasteiger partial charge < -0.3 is 10.2 Å². The van der Waals surface area contributed by atoms with Crippen LogP contribution in [0.2, 0.25) is 5.02 Å². The van der Waals surface area contributed by atoms with Crippen LogP contribution in [0.4, 0.5) is 4.39 Å². The van der Waals surface area contributed by atoms with Crippen LogP contribution in [-0.4, -0.2) is 28.8 Å². The normalized spacial score (nSPS) is 12.6. The zero-order valence-electron chi connectivity index (χ0n) is 19.5. The zero-order valence-corrected chi connectivity index (χ0v) is 20.3. The monoisotopic (exact) mass is 480 g/mol. The molecule has 3 rings (SSSR count). The van der Waals surface area contributed by atoms with Gasteiger partial charge in [0.15, 0.2) is 0 Å². The highest BCUT2D eigenvalue weighted by atomic mass is 35.5. The van der Waals surface area contributed by atoms with Crippen molar-refractivity contribution in [3.8, 4) is 0 Å². The maximum atomic E-state index is 14.4. The Morgan fingerprint density at radius 2 is 1.56 bits per heavy atom. The molecule has 0 radical (unpaired) electrons. The lowest BCUT2D eigenvalue weighted by Crippen LogP contribution is -2.52. The summed E-state index contributed by atoms with van der Waals surface area (Å²) in [4.78, 5) is 28.6. The second-order valence-electron chi connectivity index (χ2n) is 8.40. The molecule has 4 nitrogen and oxygen atoms in total. The maximum absolute atomic E-state index is 14.4. The van der Waals surface area contributed by atoms with Crippen molar-refractivity contribution in [2.24, 2.45) is 0 Å². The van der Waals surface area contributed by atoms with E-state index in [4.69, 9.17) is 11.6 Å². The van der Waals surface area contributed by atoms with Gasteiger partial charge in [0, 0.05) is 24.0 Å². The molecular weight excluding hydrogens is 451 g/mol. The van der Waals surface area contributed by atoms with Gasteiger partial charge in [0.1, 0.15) is 11.9 Å². The third kappa shape index (κ3) is 6.91. The van der Waals surface area contributed by atoms with Crippen LogP contribution in [0.15, 0.2) is 78.9 Å². The van der Waals surface area contributed by atoms with Gasteiger partial charge in [-0.15, -0.1) is 0 Å². The summed E-state index contributed by atoms with van der Waals surface area (Å²) in [5.41, 5.74) is 1.94. The fraction of sp³-hybridized carbons (Fsp3) is 0.286. The van der Waals surface area contributed by atoms with Crippen molar-refractivity contribution < 1.29 is 14.0 Å². The zero-order chi connectivity index (χ0) is 24.5. The van der Waals surface area contributed by atoms with Gasteiger partial charge in [-0.3, -0.25) is 9.59 Å². The van der Waals surface area contributed by atoms with Gasteiger partial charge >= 0.3 is 0 Å². The minimum absolute atomic E-state index is 0.0467. The van der Waals surface area contributed by atoms with E-state index in [-0.39, 0.29) is 36.4 Å². The molecule has 0 saturated heterocycles. The van der Waals surface area contributed by atoms with Crippen LogP contribution in [0.25, 0.3) is 0 Å². The Balaban J connectivity index is 2.00. The molecule has 34 heavy (non-hydrogen) atoms. The molecule has 0 heterocycles. The molecule has 3 aromatic rings. The summed E-state index contributed by atoms with van der Waals surface area (Å²) >= 11 is 6.41. The molecule has 1 N–H and O–H groups in total. The van der Waals surface area contributed by atoms with Crippen molar-refractivity contribution in [3.05, 3.63) is 106 Å². The van der Waals surface area contributed by atoms with Gasteiger partial charge in [-0.25, -0.2) is 4.39 Å². The molecular formula is C28H30ClFN2O2. The van der Waals surface area contributed by atoms with Crippen LogP contribution in [0.1, 0.15) is 37.0 Å².